The van der Waals surface area contributed by atoms with Crippen molar-refractivity contribution in [2.75, 3.05) is 11.9 Å². The summed E-state index contributed by atoms with van der Waals surface area (Å²) < 4.78 is 5.37. The van der Waals surface area contributed by atoms with Crippen LogP contribution in [0.1, 0.15) is 32.1 Å². The number of rotatable bonds is 5. The average molecular weight is 233 g/mol. The van der Waals surface area contributed by atoms with E-state index in [1.807, 2.05) is 30.3 Å². The van der Waals surface area contributed by atoms with Crippen LogP contribution in [0.5, 0.6) is 0 Å². The first-order chi connectivity index (χ1) is 8.34. The third-order valence-electron chi connectivity index (χ3n) is 3.03. The van der Waals surface area contributed by atoms with Crippen molar-refractivity contribution >= 4 is 11.7 Å². The molecule has 0 bridgehead atoms. The normalized spacial score (nSPS) is 15.8. The van der Waals surface area contributed by atoms with Gasteiger partial charge in [0.1, 0.15) is 6.10 Å². The SMILES string of the molecule is O=C(CCNc1ccccc1)OC1CCCC1. The minimum absolute atomic E-state index is 0.0830. The number of carbonyl (C=O) groups excluding carboxylic acids is 1. The lowest BCUT2D eigenvalue weighted by Crippen LogP contribution is -2.17. The second-order valence-electron chi connectivity index (χ2n) is 4.44. The number of para-hydroxylation sites is 1. The highest BCUT2D eigenvalue weighted by atomic mass is 16.5. The molecule has 0 aliphatic heterocycles. The first kappa shape index (κ1) is 12.0. The highest BCUT2D eigenvalue weighted by molar-refractivity contribution is 5.70. The zero-order chi connectivity index (χ0) is 11.9. The number of hydrogen-bond donors (Lipinski definition) is 1. The third kappa shape index (κ3) is 4.10. The first-order valence-electron chi connectivity index (χ1n) is 6.33. The van der Waals surface area contributed by atoms with Crippen molar-refractivity contribution in [2.24, 2.45) is 0 Å². The van der Waals surface area contributed by atoms with Gasteiger partial charge in [-0.05, 0) is 37.8 Å². The Morgan fingerprint density at radius 3 is 2.65 bits per heavy atom. The fourth-order valence-electron chi connectivity index (χ4n) is 2.12. The number of nitrogens with one attached hydrogen (secondary N) is 1. The maximum absolute atomic E-state index is 11.5. The molecule has 1 aliphatic carbocycles. The van der Waals surface area contributed by atoms with Gasteiger partial charge in [-0.2, -0.15) is 0 Å². The van der Waals surface area contributed by atoms with Crippen molar-refractivity contribution in [3.8, 4) is 0 Å². The van der Waals surface area contributed by atoms with E-state index in [1.54, 1.807) is 0 Å². The zero-order valence-electron chi connectivity index (χ0n) is 10.0. The predicted molar refractivity (Wildman–Crippen MR) is 67.9 cm³/mol. The minimum Gasteiger partial charge on any atom is -0.462 e. The molecular formula is C14H19NO2. The summed E-state index contributed by atoms with van der Waals surface area (Å²) in [4.78, 5) is 11.5. The van der Waals surface area contributed by atoms with Crippen LogP contribution >= 0.6 is 0 Å². The maximum Gasteiger partial charge on any atom is 0.307 e. The molecule has 3 nitrogen and oxygen atoms in total. The van der Waals surface area contributed by atoms with Crippen molar-refractivity contribution in [1.29, 1.82) is 0 Å². The number of esters is 1. The number of carbonyl (C=O) groups is 1. The second-order valence-corrected chi connectivity index (χ2v) is 4.44. The lowest BCUT2D eigenvalue weighted by atomic mass is 10.3. The van der Waals surface area contributed by atoms with E-state index < -0.39 is 0 Å². The van der Waals surface area contributed by atoms with E-state index >= 15 is 0 Å². The smallest absolute Gasteiger partial charge is 0.307 e. The lowest BCUT2D eigenvalue weighted by molar-refractivity contribution is -0.148. The number of hydrogen-bond acceptors (Lipinski definition) is 3. The summed E-state index contributed by atoms with van der Waals surface area (Å²) in [6.07, 6.45) is 5.08. The van der Waals surface area contributed by atoms with E-state index in [4.69, 9.17) is 4.74 Å². The predicted octanol–water partition coefficient (Wildman–Crippen LogP) is 2.97. The molecule has 0 radical (unpaired) electrons. The van der Waals surface area contributed by atoms with Gasteiger partial charge in [0.05, 0.1) is 6.42 Å². The molecule has 1 saturated carbocycles. The summed E-state index contributed by atoms with van der Waals surface area (Å²) >= 11 is 0. The van der Waals surface area contributed by atoms with Crippen LogP contribution in [0.4, 0.5) is 5.69 Å². The van der Waals surface area contributed by atoms with Crippen LogP contribution in [0.2, 0.25) is 0 Å². The summed E-state index contributed by atoms with van der Waals surface area (Å²) in [6.45, 7) is 0.634. The Balaban J connectivity index is 1.63. The van der Waals surface area contributed by atoms with Gasteiger partial charge in [-0.15, -0.1) is 0 Å². The second kappa shape index (κ2) is 6.28. The standard InChI is InChI=1S/C14H19NO2/c16-14(17-13-8-4-5-9-13)10-11-15-12-6-2-1-3-7-12/h1-3,6-7,13,15H,4-5,8-11H2. The monoisotopic (exact) mass is 233 g/mol. The van der Waals surface area contributed by atoms with Crippen LogP contribution in [-0.4, -0.2) is 18.6 Å². The molecule has 1 aromatic rings. The highest BCUT2D eigenvalue weighted by Gasteiger charge is 2.18. The van der Waals surface area contributed by atoms with Crippen molar-refractivity contribution < 1.29 is 9.53 Å². The van der Waals surface area contributed by atoms with Gasteiger partial charge in [-0.3, -0.25) is 4.79 Å². The molecule has 0 aromatic heterocycles. The van der Waals surface area contributed by atoms with Crippen LogP contribution in [0, 0.1) is 0 Å². The molecule has 92 valence electrons. The van der Waals surface area contributed by atoms with E-state index in [-0.39, 0.29) is 12.1 Å². The van der Waals surface area contributed by atoms with Crippen LogP contribution in [-0.2, 0) is 9.53 Å². The van der Waals surface area contributed by atoms with Crippen molar-refractivity contribution in [3.63, 3.8) is 0 Å². The van der Waals surface area contributed by atoms with E-state index in [9.17, 15) is 4.79 Å². The molecule has 1 fully saturated rings. The molecule has 0 unspecified atom stereocenters. The average Bonchev–Trinajstić information content (AvgIpc) is 2.83. The van der Waals surface area contributed by atoms with Crippen molar-refractivity contribution in [3.05, 3.63) is 30.3 Å². The Labute approximate surface area is 102 Å². The van der Waals surface area contributed by atoms with Crippen molar-refractivity contribution in [2.45, 2.75) is 38.2 Å². The Hall–Kier alpha value is -1.51. The molecule has 0 heterocycles. The molecule has 0 amide bonds. The minimum atomic E-state index is -0.0830. The highest BCUT2D eigenvalue weighted by Crippen LogP contribution is 2.21. The van der Waals surface area contributed by atoms with E-state index in [0.717, 1.165) is 18.5 Å². The quantitative estimate of drug-likeness (QED) is 0.794. The van der Waals surface area contributed by atoms with Crippen LogP contribution in [0.15, 0.2) is 30.3 Å². The Bertz CT molecular complexity index is 344. The molecule has 0 atom stereocenters. The molecule has 0 spiro atoms. The van der Waals surface area contributed by atoms with Gasteiger partial charge in [-0.1, -0.05) is 18.2 Å². The molecule has 1 aromatic carbocycles. The van der Waals surface area contributed by atoms with E-state index in [0.29, 0.717) is 13.0 Å². The summed E-state index contributed by atoms with van der Waals surface area (Å²) in [5, 5.41) is 3.20. The topological polar surface area (TPSA) is 38.3 Å². The fourth-order valence-corrected chi connectivity index (χ4v) is 2.12. The van der Waals surface area contributed by atoms with Gasteiger partial charge >= 0.3 is 5.97 Å². The third-order valence-corrected chi connectivity index (χ3v) is 3.03. The molecule has 1 aliphatic rings. The summed E-state index contributed by atoms with van der Waals surface area (Å²) in [6, 6.07) is 9.89. The van der Waals surface area contributed by atoms with Crippen LogP contribution in [0.25, 0.3) is 0 Å². The Morgan fingerprint density at radius 2 is 1.94 bits per heavy atom. The van der Waals surface area contributed by atoms with Gasteiger partial charge in [0, 0.05) is 12.2 Å². The Morgan fingerprint density at radius 1 is 1.24 bits per heavy atom. The Kier molecular flexibility index (Phi) is 4.42. The van der Waals surface area contributed by atoms with Gasteiger partial charge < -0.3 is 10.1 Å². The van der Waals surface area contributed by atoms with Crippen LogP contribution in [0.3, 0.4) is 0 Å². The van der Waals surface area contributed by atoms with E-state index in [1.165, 1.54) is 12.8 Å². The summed E-state index contributed by atoms with van der Waals surface area (Å²) in [5.41, 5.74) is 1.04. The van der Waals surface area contributed by atoms with Gasteiger partial charge in [0.25, 0.3) is 0 Å². The number of ether oxygens (including phenoxy) is 1. The van der Waals surface area contributed by atoms with Gasteiger partial charge in [0.15, 0.2) is 0 Å². The summed E-state index contributed by atoms with van der Waals surface area (Å²) in [7, 11) is 0. The molecule has 2 rings (SSSR count). The molecular weight excluding hydrogens is 214 g/mol. The molecule has 17 heavy (non-hydrogen) atoms. The van der Waals surface area contributed by atoms with E-state index in [2.05, 4.69) is 5.32 Å². The van der Waals surface area contributed by atoms with Gasteiger partial charge in [0.2, 0.25) is 0 Å². The van der Waals surface area contributed by atoms with Crippen molar-refractivity contribution in [1.82, 2.24) is 0 Å². The summed E-state index contributed by atoms with van der Waals surface area (Å²) in [5.74, 6) is -0.0830. The maximum atomic E-state index is 11.5. The zero-order valence-corrected chi connectivity index (χ0v) is 10.0. The largest absolute Gasteiger partial charge is 0.462 e. The fraction of sp³-hybridized carbons (Fsp3) is 0.500. The van der Waals surface area contributed by atoms with Crippen LogP contribution < -0.4 is 5.32 Å². The van der Waals surface area contributed by atoms with Gasteiger partial charge in [-0.25, -0.2) is 0 Å². The number of anilines is 1. The molecule has 3 heteroatoms. The number of benzene rings is 1. The lowest BCUT2D eigenvalue weighted by Gasteiger charge is -2.11. The molecule has 1 N–H and O–H groups in total. The first-order valence-corrected chi connectivity index (χ1v) is 6.33. The molecule has 0 saturated heterocycles.